The van der Waals surface area contributed by atoms with Crippen LogP contribution in [0.4, 0.5) is 0 Å². The number of aromatic nitrogens is 3. The summed E-state index contributed by atoms with van der Waals surface area (Å²) in [5, 5.41) is 4.63. The number of carbonyl (C=O) groups excluding carboxylic acids is 2. The summed E-state index contributed by atoms with van der Waals surface area (Å²) in [7, 11) is 0. The van der Waals surface area contributed by atoms with Crippen LogP contribution in [-0.4, -0.2) is 25.5 Å². The summed E-state index contributed by atoms with van der Waals surface area (Å²) in [6.07, 6.45) is 0. The Kier molecular flexibility index (Phi) is 5.22. The molecule has 0 fully saturated rings. The zero-order valence-corrected chi connectivity index (χ0v) is 12.0. The molecule has 0 spiro atoms. The summed E-state index contributed by atoms with van der Waals surface area (Å²) < 4.78 is 2.27. The fourth-order valence-electron chi connectivity index (χ4n) is 1.60. The van der Waals surface area contributed by atoms with Gasteiger partial charge in [-0.2, -0.15) is 0 Å². The van der Waals surface area contributed by atoms with E-state index in [4.69, 9.17) is 0 Å². The predicted octanol–water partition coefficient (Wildman–Crippen LogP) is -2.62. The second kappa shape index (κ2) is 6.68. The van der Waals surface area contributed by atoms with Crippen LogP contribution in [0.5, 0.6) is 0 Å². The highest BCUT2D eigenvalue weighted by atomic mass is 16.2. The first kappa shape index (κ1) is 16.4. The van der Waals surface area contributed by atoms with Gasteiger partial charge in [0.05, 0.1) is 0 Å². The molecule has 0 unspecified atom stereocenters. The van der Waals surface area contributed by atoms with E-state index in [0.717, 1.165) is 4.57 Å². The van der Waals surface area contributed by atoms with E-state index in [2.05, 4.69) is 10.6 Å². The molecule has 0 radical (unpaired) electrons. The Labute approximate surface area is 119 Å². The predicted molar refractivity (Wildman–Crippen MR) is 72.5 cm³/mol. The maximum atomic E-state index is 12.1. The number of nitrogens with one attached hydrogen (secondary N) is 2. The second-order valence-electron chi connectivity index (χ2n) is 4.23. The van der Waals surface area contributed by atoms with E-state index in [-0.39, 0.29) is 19.9 Å². The number of amides is 2. The summed E-state index contributed by atoms with van der Waals surface area (Å²) >= 11 is 0. The molecule has 10 nitrogen and oxygen atoms in total. The van der Waals surface area contributed by atoms with Crippen LogP contribution in [0.3, 0.4) is 0 Å². The second-order valence-corrected chi connectivity index (χ2v) is 4.23. The summed E-state index contributed by atoms with van der Waals surface area (Å²) in [6.45, 7) is 3.38. The van der Waals surface area contributed by atoms with E-state index < -0.39 is 28.9 Å². The fourth-order valence-corrected chi connectivity index (χ4v) is 1.60. The molecule has 0 aliphatic carbocycles. The molecular weight excluding hydrogens is 282 g/mol. The van der Waals surface area contributed by atoms with Crippen LogP contribution in [0.15, 0.2) is 14.4 Å². The number of hydrogen-bond donors (Lipinski definition) is 2. The average Bonchev–Trinajstić information content (AvgIpc) is 2.38. The third kappa shape index (κ3) is 3.68. The monoisotopic (exact) mass is 299 g/mol. The minimum absolute atomic E-state index is 0.0537. The van der Waals surface area contributed by atoms with E-state index in [1.54, 1.807) is 6.92 Å². The zero-order chi connectivity index (χ0) is 16.2. The summed E-state index contributed by atoms with van der Waals surface area (Å²) in [5.41, 5.74) is -2.54. The Bertz CT molecular complexity index is 670. The summed E-state index contributed by atoms with van der Waals surface area (Å²) in [6, 6.07) is 0. The van der Waals surface area contributed by atoms with Gasteiger partial charge in [-0.1, -0.05) is 0 Å². The van der Waals surface area contributed by atoms with Crippen molar-refractivity contribution in [2.24, 2.45) is 0 Å². The van der Waals surface area contributed by atoms with E-state index in [9.17, 15) is 24.0 Å². The molecule has 2 N–H and O–H groups in total. The Hall–Kier alpha value is -2.65. The smallest absolute Gasteiger partial charge is 0.338 e. The lowest BCUT2D eigenvalue weighted by Gasteiger charge is -2.13. The van der Waals surface area contributed by atoms with Gasteiger partial charge in [-0.25, -0.2) is 28.1 Å². The van der Waals surface area contributed by atoms with Crippen LogP contribution < -0.4 is 27.7 Å². The van der Waals surface area contributed by atoms with Gasteiger partial charge in [-0.05, 0) is 6.92 Å². The highest BCUT2D eigenvalue weighted by molar-refractivity contribution is 5.72. The first-order valence-electron chi connectivity index (χ1n) is 6.23. The van der Waals surface area contributed by atoms with Crippen LogP contribution in [0.25, 0.3) is 0 Å². The Balaban J connectivity index is 3.43. The Morgan fingerprint density at radius 2 is 1.14 bits per heavy atom. The molecule has 0 atom stereocenters. The molecule has 0 bridgehead atoms. The molecule has 0 aliphatic rings. The average molecular weight is 299 g/mol. The van der Waals surface area contributed by atoms with Gasteiger partial charge in [0, 0.05) is 20.4 Å². The van der Waals surface area contributed by atoms with Crippen LogP contribution in [-0.2, 0) is 29.5 Å². The van der Waals surface area contributed by atoms with Gasteiger partial charge in [-0.3, -0.25) is 9.59 Å². The topological polar surface area (TPSA) is 124 Å². The van der Waals surface area contributed by atoms with Crippen LogP contribution in [0.1, 0.15) is 20.8 Å². The molecule has 0 aromatic carbocycles. The lowest BCUT2D eigenvalue weighted by molar-refractivity contribution is -0.120. The normalized spacial score (nSPS) is 10.2. The number of nitrogens with zero attached hydrogens (tertiary/aromatic N) is 3. The summed E-state index contributed by atoms with van der Waals surface area (Å²) in [4.78, 5) is 58.0. The van der Waals surface area contributed by atoms with Crippen molar-refractivity contribution in [3.63, 3.8) is 0 Å². The van der Waals surface area contributed by atoms with E-state index in [1.165, 1.54) is 13.8 Å². The maximum absolute atomic E-state index is 12.1. The molecule has 2 amide bonds. The highest BCUT2D eigenvalue weighted by Crippen LogP contribution is 1.75. The molecule has 0 aliphatic heterocycles. The van der Waals surface area contributed by atoms with Crippen molar-refractivity contribution in [2.45, 2.75) is 40.7 Å². The van der Waals surface area contributed by atoms with Crippen LogP contribution >= 0.6 is 0 Å². The van der Waals surface area contributed by atoms with E-state index >= 15 is 0 Å². The van der Waals surface area contributed by atoms with Gasteiger partial charge in [0.1, 0.15) is 13.3 Å². The lowest BCUT2D eigenvalue weighted by Crippen LogP contribution is -2.57. The molecule has 116 valence electrons. The van der Waals surface area contributed by atoms with Crippen LogP contribution in [0.2, 0.25) is 0 Å². The highest BCUT2D eigenvalue weighted by Gasteiger charge is 2.14. The van der Waals surface area contributed by atoms with Gasteiger partial charge in [-0.15, -0.1) is 0 Å². The summed E-state index contributed by atoms with van der Waals surface area (Å²) in [5.74, 6) is -0.854. The lowest BCUT2D eigenvalue weighted by atomic mass is 10.6. The Morgan fingerprint density at radius 1 is 0.810 bits per heavy atom. The van der Waals surface area contributed by atoms with E-state index in [1.807, 2.05) is 0 Å². The van der Waals surface area contributed by atoms with Crippen molar-refractivity contribution < 1.29 is 9.59 Å². The van der Waals surface area contributed by atoms with Gasteiger partial charge < -0.3 is 10.6 Å². The van der Waals surface area contributed by atoms with Gasteiger partial charge >= 0.3 is 17.1 Å². The van der Waals surface area contributed by atoms with Crippen LogP contribution in [0, 0.1) is 0 Å². The van der Waals surface area contributed by atoms with Crippen molar-refractivity contribution >= 4 is 11.8 Å². The molecular formula is C11H17N5O5. The SMILES string of the molecule is CCn1c(=O)n(CNC(C)=O)c(=O)n(CNC(C)=O)c1=O. The minimum Gasteiger partial charge on any atom is -0.338 e. The van der Waals surface area contributed by atoms with Gasteiger partial charge in [0.25, 0.3) is 0 Å². The minimum atomic E-state index is -0.905. The fraction of sp³-hybridized carbons (Fsp3) is 0.545. The maximum Gasteiger partial charge on any atom is 0.339 e. The molecule has 10 heteroatoms. The third-order valence-corrected chi connectivity index (χ3v) is 2.67. The number of hydrogen-bond acceptors (Lipinski definition) is 5. The quantitative estimate of drug-likeness (QED) is 0.616. The van der Waals surface area contributed by atoms with E-state index in [0.29, 0.717) is 9.13 Å². The zero-order valence-electron chi connectivity index (χ0n) is 12.0. The van der Waals surface area contributed by atoms with Gasteiger partial charge in [0.2, 0.25) is 11.8 Å². The standard InChI is InChI=1S/C11H17N5O5/c1-4-14-9(19)15(5-12-7(2)17)11(21)16(10(14)20)6-13-8(3)18/h4-6H2,1-3H3,(H,12,17)(H,13,18). The molecule has 1 aromatic heterocycles. The first-order chi connectivity index (χ1) is 9.79. The molecule has 0 saturated carbocycles. The van der Waals surface area contributed by atoms with Gasteiger partial charge in [0.15, 0.2) is 0 Å². The molecule has 1 rings (SSSR count). The molecule has 1 aromatic rings. The number of rotatable bonds is 5. The van der Waals surface area contributed by atoms with Crippen molar-refractivity contribution in [2.75, 3.05) is 0 Å². The molecule has 1 heterocycles. The van der Waals surface area contributed by atoms with Crippen molar-refractivity contribution in [3.05, 3.63) is 31.5 Å². The van der Waals surface area contributed by atoms with Crippen molar-refractivity contribution in [1.29, 1.82) is 0 Å². The third-order valence-electron chi connectivity index (χ3n) is 2.67. The largest absolute Gasteiger partial charge is 0.339 e. The molecule has 21 heavy (non-hydrogen) atoms. The number of carbonyl (C=O) groups is 2. The van der Waals surface area contributed by atoms with Crippen molar-refractivity contribution in [3.8, 4) is 0 Å². The molecule has 0 saturated heterocycles. The van der Waals surface area contributed by atoms with Crippen molar-refractivity contribution in [1.82, 2.24) is 24.3 Å². The first-order valence-corrected chi connectivity index (χ1v) is 6.23. The Morgan fingerprint density at radius 3 is 1.43 bits per heavy atom.